The first-order valence-electron chi connectivity index (χ1n) is 7.62. The van der Waals surface area contributed by atoms with Gasteiger partial charge in [0.15, 0.2) is 0 Å². The van der Waals surface area contributed by atoms with E-state index in [0.29, 0.717) is 12.3 Å². The SMILES string of the molecule is CCC(C)(C)NC(=O)[C@@H]1CC(=O)N(c2cccc(OC)c2)C1. The normalized spacial score (nSPS) is 18.5. The maximum absolute atomic E-state index is 12.4. The molecule has 120 valence electrons. The summed E-state index contributed by atoms with van der Waals surface area (Å²) < 4.78 is 5.19. The molecule has 1 atom stereocenters. The van der Waals surface area contributed by atoms with Crippen LogP contribution in [0.4, 0.5) is 5.69 Å². The topological polar surface area (TPSA) is 58.6 Å². The molecule has 2 rings (SSSR count). The van der Waals surface area contributed by atoms with Crippen LogP contribution >= 0.6 is 0 Å². The molecule has 1 heterocycles. The molecular weight excluding hydrogens is 280 g/mol. The minimum absolute atomic E-state index is 0.0253. The van der Waals surface area contributed by atoms with E-state index in [0.717, 1.165) is 12.1 Å². The first-order chi connectivity index (χ1) is 10.4. The Labute approximate surface area is 131 Å². The van der Waals surface area contributed by atoms with Gasteiger partial charge in [-0.1, -0.05) is 13.0 Å². The van der Waals surface area contributed by atoms with Gasteiger partial charge in [0, 0.05) is 30.3 Å². The molecule has 1 aromatic rings. The lowest BCUT2D eigenvalue weighted by atomic mass is 9.99. The van der Waals surface area contributed by atoms with Gasteiger partial charge in [-0.25, -0.2) is 0 Å². The Morgan fingerprint density at radius 2 is 2.18 bits per heavy atom. The number of methoxy groups -OCH3 is 1. The van der Waals surface area contributed by atoms with Gasteiger partial charge in [0.2, 0.25) is 11.8 Å². The monoisotopic (exact) mass is 304 g/mol. The van der Waals surface area contributed by atoms with Crippen LogP contribution in [0.15, 0.2) is 24.3 Å². The van der Waals surface area contributed by atoms with Crippen molar-refractivity contribution >= 4 is 17.5 Å². The van der Waals surface area contributed by atoms with Crippen molar-refractivity contribution in [3.8, 4) is 5.75 Å². The second-order valence-electron chi connectivity index (χ2n) is 6.33. The number of amides is 2. The Balaban J connectivity index is 2.09. The number of hydrogen-bond acceptors (Lipinski definition) is 3. The van der Waals surface area contributed by atoms with Crippen molar-refractivity contribution in [2.24, 2.45) is 5.92 Å². The summed E-state index contributed by atoms with van der Waals surface area (Å²) in [4.78, 5) is 26.2. The summed E-state index contributed by atoms with van der Waals surface area (Å²) in [7, 11) is 1.59. The van der Waals surface area contributed by atoms with E-state index in [2.05, 4.69) is 5.32 Å². The maximum atomic E-state index is 12.4. The summed E-state index contributed by atoms with van der Waals surface area (Å²) in [6, 6.07) is 7.35. The first kappa shape index (κ1) is 16.3. The number of nitrogens with zero attached hydrogens (tertiary/aromatic N) is 1. The van der Waals surface area contributed by atoms with Crippen LogP contribution in [0.2, 0.25) is 0 Å². The second kappa shape index (κ2) is 6.38. The number of nitrogens with one attached hydrogen (secondary N) is 1. The van der Waals surface area contributed by atoms with Crippen LogP contribution in [0, 0.1) is 5.92 Å². The van der Waals surface area contributed by atoms with E-state index >= 15 is 0 Å². The summed E-state index contributed by atoms with van der Waals surface area (Å²) in [5.41, 5.74) is 0.526. The summed E-state index contributed by atoms with van der Waals surface area (Å²) in [6.45, 7) is 6.42. The molecule has 0 aromatic heterocycles. The largest absolute Gasteiger partial charge is 0.497 e. The van der Waals surface area contributed by atoms with E-state index in [9.17, 15) is 9.59 Å². The Morgan fingerprint density at radius 3 is 2.82 bits per heavy atom. The standard InChI is InChI=1S/C17H24N2O3/c1-5-17(2,3)18-16(21)12-9-15(20)19(11-12)13-7-6-8-14(10-13)22-4/h6-8,10,12H,5,9,11H2,1-4H3,(H,18,21)/t12-/m1/s1. The molecule has 1 aromatic carbocycles. The van der Waals surface area contributed by atoms with Crippen LogP contribution in [0.1, 0.15) is 33.6 Å². The van der Waals surface area contributed by atoms with E-state index in [1.165, 1.54) is 0 Å². The lowest BCUT2D eigenvalue weighted by molar-refractivity contribution is -0.127. The molecule has 22 heavy (non-hydrogen) atoms. The van der Waals surface area contributed by atoms with Crippen molar-refractivity contribution in [1.29, 1.82) is 0 Å². The van der Waals surface area contributed by atoms with Crippen molar-refractivity contribution in [3.05, 3.63) is 24.3 Å². The molecule has 1 aliphatic heterocycles. The molecular formula is C17H24N2O3. The van der Waals surface area contributed by atoms with Gasteiger partial charge in [-0.05, 0) is 32.4 Å². The third-order valence-electron chi connectivity index (χ3n) is 4.21. The van der Waals surface area contributed by atoms with Gasteiger partial charge in [-0.15, -0.1) is 0 Å². The molecule has 0 saturated carbocycles. The Kier molecular flexibility index (Phi) is 4.74. The average Bonchev–Trinajstić information content (AvgIpc) is 2.89. The smallest absolute Gasteiger partial charge is 0.227 e. The number of hydrogen-bond donors (Lipinski definition) is 1. The van der Waals surface area contributed by atoms with Crippen LogP contribution in [0.5, 0.6) is 5.75 Å². The van der Waals surface area contributed by atoms with E-state index < -0.39 is 0 Å². The zero-order valence-electron chi connectivity index (χ0n) is 13.7. The van der Waals surface area contributed by atoms with Crippen molar-refractivity contribution in [2.75, 3.05) is 18.6 Å². The first-order valence-corrected chi connectivity index (χ1v) is 7.62. The van der Waals surface area contributed by atoms with Gasteiger partial charge < -0.3 is 15.0 Å². The molecule has 5 heteroatoms. The van der Waals surface area contributed by atoms with Crippen molar-refractivity contribution in [2.45, 2.75) is 39.2 Å². The highest BCUT2D eigenvalue weighted by molar-refractivity contribution is 6.00. The molecule has 1 fully saturated rings. The second-order valence-corrected chi connectivity index (χ2v) is 6.33. The van der Waals surface area contributed by atoms with E-state index in [1.807, 2.05) is 45.0 Å². The molecule has 0 radical (unpaired) electrons. The minimum atomic E-state index is -0.301. The van der Waals surface area contributed by atoms with Gasteiger partial charge in [-0.3, -0.25) is 9.59 Å². The average molecular weight is 304 g/mol. The zero-order valence-corrected chi connectivity index (χ0v) is 13.7. The minimum Gasteiger partial charge on any atom is -0.497 e. The number of ether oxygens (including phenoxy) is 1. The molecule has 0 aliphatic carbocycles. The van der Waals surface area contributed by atoms with Crippen LogP contribution in [-0.2, 0) is 9.59 Å². The summed E-state index contributed by atoms with van der Waals surface area (Å²) in [6.07, 6.45) is 1.10. The van der Waals surface area contributed by atoms with Crippen LogP contribution in [0.3, 0.4) is 0 Å². The van der Waals surface area contributed by atoms with Crippen LogP contribution in [-0.4, -0.2) is 31.0 Å². The van der Waals surface area contributed by atoms with Gasteiger partial charge >= 0.3 is 0 Å². The van der Waals surface area contributed by atoms with Crippen molar-refractivity contribution in [1.82, 2.24) is 5.32 Å². The zero-order chi connectivity index (χ0) is 16.3. The molecule has 2 amide bonds. The third-order valence-corrected chi connectivity index (χ3v) is 4.21. The van der Waals surface area contributed by atoms with E-state index in [1.54, 1.807) is 12.0 Å². The lowest BCUT2D eigenvalue weighted by Crippen LogP contribution is -2.46. The fourth-order valence-electron chi connectivity index (χ4n) is 2.44. The molecule has 1 aliphatic rings. The Bertz CT molecular complexity index is 569. The third kappa shape index (κ3) is 3.59. The summed E-state index contributed by atoms with van der Waals surface area (Å²) >= 11 is 0. The highest BCUT2D eigenvalue weighted by atomic mass is 16.5. The Morgan fingerprint density at radius 1 is 1.45 bits per heavy atom. The summed E-state index contributed by atoms with van der Waals surface area (Å²) in [5.74, 6) is 0.322. The molecule has 1 saturated heterocycles. The number of rotatable bonds is 5. The van der Waals surface area contributed by atoms with E-state index in [-0.39, 0.29) is 29.7 Å². The Hall–Kier alpha value is -2.04. The predicted octanol–water partition coefficient (Wildman–Crippen LogP) is 2.35. The fourth-order valence-corrected chi connectivity index (χ4v) is 2.44. The van der Waals surface area contributed by atoms with E-state index in [4.69, 9.17) is 4.74 Å². The van der Waals surface area contributed by atoms with Gasteiger partial charge in [-0.2, -0.15) is 0 Å². The highest BCUT2D eigenvalue weighted by Gasteiger charge is 2.36. The lowest BCUT2D eigenvalue weighted by Gasteiger charge is -2.26. The molecule has 5 nitrogen and oxygen atoms in total. The summed E-state index contributed by atoms with van der Waals surface area (Å²) in [5, 5.41) is 3.02. The molecule has 0 spiro atoms. The van der Waals surface area contributed by atoms with Gasteiger partial charge in [0.05, 0.1) is 13.0 Å². The predicted molar refractivity (Wildman–Crippen MR) is 86.0 cm³/mol. The number of benzene rings is 1. The fraction of sp³-hybridized carbons (Fsp3) is 0.529. The van der Waals surface area contributed by atoms with Gasteiger partial charge in [0.1, 0.15) is 5.75 Å². The number of carbonyl (C=O) groups excluding carboxylic acids is 2. The number of anilines is 1. The molecule has 0 bridgehead atoms. The van der Waals surface area contributed by atoms with Crippen molar-refractivity contribution < 1.29 is 14.3 Å². The van der Waals surface area contributed by atoms with Crippen molar-refractivity contribution in [3.63, 3.8) is 0 Å². The maximum Gasteiger partial charge on any atom is 0.227 e. The molecule has 0 unspecified atom stereocenters. The number of carbonyl (C=O) groups is 2. The quantitative estimate of drug-likeness (QED) is 0.908. The van der Waals surface area contributed by atoms with Crippen LogP contribution in [0.25, 0.3) is 0 Å². The van der Waals surface area contributed by atoms with Crippen LogP contribution < -0.4 is 15.0 Å². The highest BCUT2D eigenvalue weighted by Crippen LogP contribution is 2.28. The van der Waals surface area contributed by atoms with Gasteiger partial charge in [0.25, 0.3) is 0 Å². The molecule has 1 N–H and O–H groups in total.